The molecule has 0 atom stereocenters. The van der Waals surface area contributed by atoms with Crippen LogP contribution in [0.3, 0.4) is 0 Å². The molecule has 0 unspecified atom stereocenters. The summed E-state index contributed by atoms with van der Waals surface area (Å²) in [5.74, 6) is 1.00. The minimum absolute atomic E-state index is 0. The topological polar surface area (TPSA) is 28.2 Å². The van der Waals surface area contributed by atoms with Gasteiger partial charge in [0.15, 0.2) is 0 Å². The van der Waals surface area contributed by atoms with Crippen molar-refractivity contribution in [3.05, 3.63) is 29.7 Å². The summed E-state index contributed by atoms with van der Waals surface area (Å²) in [6.45, 7) is 7.77. The van der Waals surface area contributed by atoms with Crippen LogP contribution in [0.25, 0.3) is 0 Å². The molecule has 0 saturated carbocycles. The number of hydrogen-bond acceptors (Lipinski definition) is 4. The van der Waals surface area contributed by atoms with Crippen molar-refractivity contribution in [3.8, 4) is 0 Å². The number of pyridine rings is 1. The molecule has 0 spiro atoms. The summed E-state index contributed by atoms with van der Waals surface area (Å²) >= 11 is 1.61. The van der Waals surface area contributed by atoms with E-state index < -0.39 is 0 Å². The molecule has 0 aliphatic heterocycles. The zero-order chi connectivity index (χ0) is 12.0. The molecule has 0 aliphatic carbocycles. The number of likely N-dealkylation sites (N-methyl/N-ethyl adjacent to an activating group) is 2. The van der Waals surface area contributed by atoms with Crippen LogP contribution < -0.4 is 10.2 Å². The molecule has 1 heterocycles. The van der Waals surface area contributed by atoms with Crippen molar-refractivity contribution in [2.24, 2.45) is 0 Å². The van der Waals surface area contributed by atoms with E-state index in [9.17, 15) is 0 Å². The van der Waals surface area contributed by atoms with Gasteiger partial charge in [-0.3, -0.25) is 0 Å². The highest BCUT2D eigenvalue weighted by molar-refractivity contribution is 8.03. The van der Waals surface area contributed by atoms with Crippen molar-refractivity contribution in [2.45, 2.75) is 11.9 Å². The quantitative estimate of drug-likeness (QED) is 0.772. The number of nitrogens with zero attached hydrogens (tertiary/aromatic N) is 2. The van der Waals surface area contributed by atoms with Crippen LogP contribution in [0.5, 0.6) is 0 Å². The molecule has 1 rings (SSSR count). The van der Waals surface area contributed by atoms with Gasteiger partial charge in [-0.2, -0.15) is 0 Å². The SMILES string of the molecule is C=C(C)Sc1cccc(N(C)CCNC)n1.[HH]. The first-order valence-electron chi connectivity index (χ1n) is 5.29. The first-order valence-corrected chi connectivity index (χ1v) is 6.11. The molecule has 1 aromatic heterocycles. The summed E-state index contributed by atoms with van der Waals surface area (Å²) in [6, 6.07) is 6.07. The Labute approximate surface area is 103 Å². The number of thioether (sulfide) groups is 1. The van der Waals surface area contributed by atoms with E-state index in [0.29, 0.717) is 0 Å². The Bertz CT molecular complexity index is 357. The molecule has 90 valence electrons. The van der Waals surface area contributed by atoms with Crippen molar-refractivity contribution >= 4 is 17.6 Å². The molecule has 0 aliphatic rings. The Morgan fingerprint density at radius 2 is 2.38 bits per heavy atom. The molecule has 0 bridgehead atoms. The molecule has 16 heavy (non-hydrogen) atoms. The Morgan fingerprint density at radius 1 is 1.62 bits per heavy atom. The molecule has 0 aromatic carbocycles. The number of allylic oxidation sites excluding steroid dienone is 1. The lowest BCUT2D eigenvalue weighted by Gasteiger charge is -2.18. The van der Waals surface area contributed by atoms with E-state index in [2.05, 4.69) is 28.8 Å². The van der Waals surface area contributed by atoms with Crippen LogP contribution in [0.1, 0.15) is 8.35 Å². The molecule has 0 amide bonds. The fourth-order valence-electron chi connectivity index (χ4n) is 1.25. The van der Waals surface area contributed by atoms with Crippen molar-refractivity contribution in [1.82, 2.24) is 10.3 Å². The predicted molar refractivity (Wildman–Crippen MR) is 74.2 cm³/mol. The van der Waals surface area contributed by atoms with Crippen LogP contribution in [-0.2, 0) is 0 Å². The van der Waals surface area contributed by atoms with Gasteiger partial charge in [0.2, 0.25) is 0 Å². The lowest BCUT2D eigenvalue weighted by Crippen LogP contribution is -2.27. The molecule has 0 saturated heterocycles. The second kappa shape index (κ2) is 6.55. The highest BCUT2D eigenvalue weighted by Gasteiger charge is 2.03. The molecule has 1 aromatic rings. The molecule has 4 heteroatoms. The average molecular weight is 239 g/mol. The minimum Gasteiger partial charge on any atom is -0.358 e. The summed E-state index contributed by atoms with van der Waals surface area (Å²) in [5, 5.41) is 4.13. The summed E-state index contributed by atoms with van der Waals surface area (Å²) < 4.78 is 0. The maximum atomic E-state index is 4.57. The lowest BCUT2D eigenvalue weighted by molar-refractivity contribution is 0.759. The third-order valence-electron chi connectivity index (χ3n) is 2.08. The van der Waals surface area contributed by atoms with Crippen molar-refractivity contribution in [1.29, 1.82) is 0 Å². The van der Waals surface area contributed by atoms with Crippen LogP contribution in [0.4, 0.5) is 5.82 Å². The fraction of sp³-hybridized carbons (Fsp3) is 0.417. The maximum absolute atomic E-state index is 4.57. The van der Waals surface area contributed by atoms with Gasteiger partial charge in [-0.15, -0.1) is 0 Å². The van der Waals surface area contributed by atoms with Crippen LogP contribution in [0.15, 0.2) is 34.7 Å². The molecular weight excluding hydrogens is 218 g/mol. The van der Waals surface area contributed by atoms with Gasteiger partial charge >= 0.3 is 0 Å². The molecular formula is C12H21N3S. The van der Waals surface area contributed by atoms with E-state index in [4.69, 9.17) is 0 Å². The minimum atomic E-state index is 0. The zero-order valence-electron chi connectivity index (χ0n) is 10.2. The van der Waals surface area contributed by atoms with Crippen molar-refractivity contribution in [2.75, 3.05) is 32.1 Å². The first-order chi connectivity index (χ1) is 7.63. The smallest absolute Gasteiger partial charge is 0.129 e. The van der Waals surface area contributed by atoms with Crippen LogP contribution >= 0.6 is 11.8 Å². The van der Waals surface area contributed by atoms with E-state index in [1.165, 1.54) is 0 Å². The van der Waals surface area contributed by atoms with Crippen molar-refractivity contribution in [3.63, 3.8) is 0 Å². The number of nitrogens with one attached hydrogen (secondary N) is 1. The van der Waals surface area contributed by atoms with Gasteiger partial charge < -0.3 is 10.2 Å². The van der Waals surface area contributed by atoms with Gasteiger partial charge in [-0.25, -0.2) is 4.98 Å². The second-order valence-electron chi connectivity index (χ2n) is 3.66. The normalized spacial score (nSPS) is 10.2. The monoisotopic (exact) mass is 239 g/mol. The Balaban J connectivity index is 0.00000256. The standard InChI is InChI=1S/C12H19N3S.H2/c1-10(2)16-12-7-5-6-11(14-12)15(4)9-8-13-3;/h5-7,13H,1,8-9H2,2-4H3;1H. The molecule has 3 nitrogen and oxygen atoms in total. The van der Waals surface area contributed by atoms with E-state index in [-0.39, 0.29) is 1.43 Å². The van der Waals surface area contributed by atoms with Crippen LogP contribution in [0, 0.1) is 0 Å². The largest absolute Gasteiger partial charge is 0.358 e. The van der Waals surface area contributed by atoms with Crippen molar-refractivity contribution < 1.29 is 1.43 Å². The third-order valence-corrected chi connectivity index (χ3v) is 2.86. The van der Waals surface area contributed by atoms with Gasteiger partial charge in [0.25, 0.3) is 0 Å². The van der Waals surface area contributed by atoms with Gasteiger partial charge in [0.1, 0.15) is 10.8 Å². The van der Waals surface area contributed by atoms with Gasteiger partial charge in [-0.1, -0.05) is 24.4 Å². The highest BCUT2D eigenvalue weighted by Crippen LogP contribution is 2.24. The summed E-state index contributed by atoms with van der Waals surface area (Å²) in [4.78, 5) is 7.76. The number of aromatic nitrogens is 1. The number of anilines is 1. The summed E-state index contributed by atoms with van der Waals surface area (Å²) in [5.41, 5.74) is 0. The third kappa shape index (κ3) is 4.24. The zero-order valence-corrected chi connectivity index (χ0v) is 11.0. The van der Waals surface area contributed by atoms with Crippen LogP contribution in [0.2, 0.25) is 0 Å². The summed E-state index contributed by atoms with van der Waals surface area (Å²) in [6.07, 6.45) is 0. The van der Waals surface area contributed by atoms with E-state index in [0.717, 1.165) is 28.8 Å². The molecule has 1 N–H and O–H groups in total. The Morgan fingerprint density at radius 3 is 3.00 bits per heavy atom. The number of hydrogen-bond donors (Lipinski definition) is 1. The lowest BCUT2D eigenvalue weighted by atomic mass is 10.4. The van der Waals surface area contributed by atoms with Crippen LogP contribution in [-0.4, -0.2) is 32.2 Å². The maximum Gasteiger partial charge on any atom is 0.129 e. The fourth-order valence-corrected chi connectivity index (χ4v) is 1.89. The average Bonchev–Trinajstić information content (AvgIpc) is 2.25. The Kier molecular flexibility index (Phi) is 5.35. The van der Waals surface area contributed by atoms with E-state index in [1.807, 2.05) is 32.2 Å². The van der Waals surface area contributed by atoms with Gasteiger partial charge in [0.05, 0.1) is 0 Å². The van der Waals surface area contributed by atoms with Gasteiger partial charge in [0, 0.05) is 21.6 Å². The Hall–Kier alpha value is -1.00. The second-order valence-corrected chi connectivity index (χ2v) is 4.98. The highest BCUT2D eigenvalue weighted by atomic mass is 32.2. The number of rotatable bonds is 6. The van der Waals surface area contributed by atoms with E-state index in [1.54, 1.807) is 11.8 Å². The molecule has 0 radical (unpaired) electrons. The predicted octanol–water partition coefficient (Wildman–Crippen LogP) is 2.61. The molecule has 0 fully saturated rings. The summed E-state index contributed by atoms with van der Waals surface area (Å²) in [7, 11) is 4.00. The van der Waals surface area contributed by atoms with Gasteiger partial charge in [-0.05, 0) is 31.0 Å². The first kappa shape index (κ1) is 13.1. The van der Waals surface area contributed by atoms with E-state index >= 15 is 0 Å².